The molecule has 11 heteroatoms. The van der Waals surface area contributed by atoms with Gasteiger partial charge >= 0.3 is 6.09 Å². The van der Waals surface area contributed by atoms with E-state index in [0.717, 1.165) is 11.3 Å². The molecule has 6 rings (SSSR count). The zero-order chi connectivity index (χ0) is 29.8. The molecule has 3 aromatic carbocycles. The van der Waals surface area contributed by atoms with Crippen LogP contribution in [0.25, 0.3) is 38.4 Å². The van der Waals surface area contributed by atoms with Crippen LogP contribution < -0.4 is 10.3 Å². The fourth-order valence-corrected chi connectivity index (χ4v) is 5.16. The second-order valence-corrected chi connectivity index (χ2v) is 11.2. The third-order valence-electron chi connectivity index (χ3n) is 6.81. The van der Waals surface area contributed by atoms with Crippen LogP contribution in [0.1, 0.15) is 31.9 Å². The number of hydrogen-bond donors (Lipinski definition) is 0. The zero-order valence-electron chi connectivity index (χ0n) is 23.3. The average Bonchev–Trinajstić information content (AvgIpc) is 3.58. The lowest BCUT2D eigenvalue weighted by molar-refractivity contribution is 0.0522. The maximum atomic E-state index is 14.2. The van der Waals surface area contributed by atoms with Crippen molar-refractivity contribution in [3.05, 3.63) is 93.5 Å². The van der Waals surface area contributed by atoms with E-state index in [1.807, 2.05) is 24.3 Å². The highest BCUT2D eigenvalue weighted by Gasteiger charge is 2.23. The van der Waals surface area contributed by atoms with Crippen LogP contribution in [0, 0.1) is 11.3 Å². The number of benzene rings is 3. The van der Waals surface area contributed by atoms with Gasteiger partial charge in [0.15, 0.2) is 5.52 Å². The molecular formula is C31H25ClN6O4. The molecule has 0 aliphatic carbocycles. The summed E-state index contributed by atoms with van der Waals surface area (Å²) in [5.74, 6) is 0.739. The van der Waals surface area contributed by atoms with Gasteiger partial charge in [-0.2, -0.15) is 20.1 Å². The maximum Gasteiger partial charge on any atom is 0.435 e. The Morgan fingerprint density at radius 3 is 2.50 bits per heavy atom. The molecule has 0 aliphatic heterocycles. The molecule has 0 saturated heterocycles. The summed E-state index contributed by atoms with van der Waals surface area (Å²) in [6.07, 6.45) is 2.68. The molecule has 0 amide bonds. The smallest absolute Gasteiger partial charge is 0.435 e. The van der Waals surface area contributed by atoms with Crippen molar-refractivity contribution < 1.29 is 14.3 Å². The number of carbonyl (C=O) groups is 1. The van der Waals surface area contributed by atoms with Crippen LogP contribution in [-0.4, -0.2) is 42.9 Å². The topological polar surface area (TPSA) is 117 Å². The van der Waals surface area contributed by atoms with E-state index in [2.05, 4.69) is 16.3 Å². The third-order valence-corrected chi connectivity index (χ3v) is 7.12. The van der Waals surface area contributed by atoms with Gasteiger partial charge < -0.3 is 9.47 Å². The van der Waals surface area contributed by atoms with Gasteiger partial charge in [0.1, 0.15) is 17.4 Å². The van der Waals surface area contributed by atoms with Crippen molar-refractivity contribution in [1.29, 1.82) is 5.26 Å². The van der Waals surface area contributed by atoms with E-state index >= 15 is 0 Å². The lowest BCUT2D eigenvalue weighted by atomic mass is 10.1. The Bertz CT molecular complexity index is 2130. The molecule has 3 aromatic heterocycles. The number of aromatic nitrogens is 5. The highest BCUT2D eigenvalue weighted by molar-refractivity contribution is 6.32. The summed E-state index contributed by atoms with van der Waals surface area (Å²) in [6, 6.07) is 18.2. The van der Waals surface area contributed by atoms with Crippen molar-refractivity contribution in [1.82, 2.24) is 24.1 Å². The van der Waals surface area contributed by atoms with Gasteiger partial charge in [0.25, 0.3) is 5.56 Å². The van der Waals surface area contributed by atoms with Crippen LogP contribution in [0.15, 0.2) is 71.8 Å². The van der Waals surface area contributed by atoms with Crippen LogP contribution in [0.5, 0.6) is 5.75 Å². The molecule has 3 heterocycles. The monoisotopic (exact) mass is 580 g/mol. The summed E-state index contributed by atoms with van der Waals surface area (Å²) >= 11 is 6.48. The summed E-state index contributed by atoms with van der Waals surface area (Å²) in [5.41, 5.74) is 1.78. The first kappa shape index (κ1) is 27.1. The molecule has 0 bridgehead atoms. The van der Waals surface area contributed by atoms with Crippen molar-refractivity contribution in [3.63, 3.8) is 0 Å². The highest BCUT2D eigenvalue weighted by Crippen LogP contribution is 2.32. The van der Waals surface area contributed by atoms with Crippen molar-refractivity contribution in [2.24, 2.45) is 0 Å². The number of ether oxygens (including phenoxy) is 2. The second-order valence-electron chi connectivity index (χ2n) is 10.8. The molecule has 0 atom stereocenters. The van der Waals surface area contributed by atoms with E-state index in [9.17, 15) is 14.9 Å². The van der Waals surface area contributed by atoms with Crippen LogP contribution >= 0.6 is 11.6 Å². The molecule has 0 N–H and O–H groups in total. The Kier molecular flexibility index (Phi) is 6.47. The van der Waals surface area contributed by atoms with E-state index in [1.165, 1.54) is 15.4 Å². The molecule has 10 nitrogen and oxygen atoms in total. The molecule has 0 spiro atoms. The minimum Gasteiger partial charge on any atom is -0.497 e. The summed E-state index contributed by atoms with van der Waals surface area (Å²) < 4.78 is 15.1. The predicted molar refractivity (Wildman–Crippen MR) is 160 cm³/mol. The van der Waals surface area contributed by atoms with Gasteiger partial charge in [-0.1, -0.05) is 29.8 Å². The van der Waals surface area contributed by atoms with E-state index in [1.54, 1.807) is 69.1 Å². The van der Waals surface area contributed by atoms with Gasteiger partial charge in [-0.05, 0) is 62.7 Å². The van der Waals surface area contributed by atoms with Crippen molar-refractivity contribution in [2.75, 3.05) is 7.11 Å². The van der Waals surface area contributed by atoms with Gasteiger partial charge in [0, 0.05) is 22.4 Å². The summed E-state index contributed by atoms with van der Waals surface area (Å²) in [7, 11) is 1.61. The predicted octanol–water partition coefficient (Wildman–Crippen LogP) is 6.06. The molecular weight excluding hydrogens is 556 g/mol. The van der Waals surface area contributed by atoms with Crippen LogP contribution in [0.4, 0.5) is 4.79 Å². The van der Waals surface area contributed by atoms with E-state index in [0.29, 0.717) is 39.4 Å². The van der Waals surface area contributed by atoms with E-state index < -0.39 is 11.7 Å². The van der Waals surface area contributed by atoms with Gasteiger partial charge in [-0.3, -0.25) is 14.0 Å². The zero-order valence-corrected chi connectivity index (χ0v) is 24.0. The Labute approximate surface area is 244 Å². The Hall–Kier alpha value is -5.14. The number of rotatable bonds is 4. The van der Waals surface area contributed by atoms with E-state index in [-0.39, 0.29) is 21.7 Å². The molecule has 0 aliphatic rings. The molecule has 210 valence electrons. The highest BCUT2D eigenvalue weighted by atomic mass is 35.5. The average molecular weight is 581 g/mol. The quantitative estimate of drug-likeness (QED) is 0.249. The molecule has 0 radical (unpaired) electrons. The Morgan fingerprint density at radius 1 is 1.05 bits per heavy atom. The number of hydrogen-bond acceptors (Lipinski definition) is 7. The van der Waals surface area contributed by atoms with Crippen molar-refractivity contribution in [3.8, 4) is 17.5 Å². The molecule has 0 unspecified atom stereocenters. The largest absolute Gasteiger partial charge is 0.497 e. The number of nitriles is 1. The first-order valence-electron chi connectivity index (χ1n) is 13.1. The SMILES string of the molecule is COc1ccc(Cn2cc3c(n2)c(=O)n(-c2cccc4c2cnn4C(=O)OC(C)(C)C)c2cc(Cl)c(C#N)cc32)cc1. The van der Waals surface area contributed by atoms with Gasteiger partial charge in [0.2, 0.25) is 0 Å². The number of pyridine rings is 1. The molecule has 42 heavy (non-hydrogen) atoms. The normalized spacial score (nSPS) is 11.7. The second kappa shape index (κ2) is 10.0. The number of halogens is 1. The minimum absolute atomic E-state index is 0.208. The maximum absolute atomic E-state index is 14.2. The number of methoxy groups -OCH3 is 1. The fraction of sp³-hybridized carbons (Fsp3) is 0.194. The summed E-state index contributed by atoms with van der Waals surface area (Å²) in [5, 5.41) is 20.6. The number of fused-ring (bicyclic) bond motifs is 4. The first-order chi connectivity index (χ1) is 20.1. The molecule has 0 fully saturated rings. The van der Waals surface area contributed by atoms with E-state index in [4.69, 9.17) is 21.1 Å². The number of nitrogens with zero attached hydrogens (tertiary/aromatic N) is 6. The van der Waals surface area contributed by atoms with Crippen molar-refractivity contribution in [2.45, 2.75) is 32.9 Å². The van der Waals surface area contributed by atoms with Gasteiger partial charge in [0.05, 0.1) is 47.2 Å². The van der Waals surface area contributed by atoms with Crippen molar-refractivity contribution >= 4 is 50.4 Å². The van der Waals surface area contributed by atoms with Gasteiger partial charge in [-0.15, -0.1) is 0 Å². The Morgan fingerprint density at radius 2 is 1.81 bits per heavy atom. The Balaban J connectivity index is 1.59. The third kappa shape index (κ3) is 4.63. The first-order valence-corrected chi connectivity index (χ1v) is 13.4. The lowest BCUT2D eigenvalue weighted by Gasteiger charge is -2.19. The van der Waals surface area contributed by atoms with Gasteiger partial charge in [-0.25, -0.2) is 4.79 Å². The minimum atomic E-state index is -0.717. The summed E-state index contributed by atoms with van der Waals surface area (Å²) in [4.78, 5) is 27.1. The molecule has 6 aromatic rings. The fourth-order valence-electron chi connectivity index (χ4n) is 4.96. The summed E-state index contributed by atoms with van der Waals surface area (Å²) in [6.45, 7) is 5.73. The van der Waals surface area contributed by atoms with Crippen LogP contribution in [0.3, 0.4) is 0 Å². The van der Waals surface area contributed by atoms with Crippen LogP contribution in [0.2, 0.25) is 5.02 Å². The van der Waals surface area contributed by atoms with Crippen LogP contribution in [-0.2, 0) is 11.3 Å². The molecule has 0 saturated carbocycles. The standard InChI is InChI=1S/C31H25ClN6O4/c1-31(2,3)42-30(40)38-26-7-5-6-25(22(26)15-34-38)37-27-13-24(32)19(14-33)12-21(27)23-17-36(35-28(23)29(37)39)16-18-8-10-20(41-4)11-9-18/h5-13,15,17H,16H2,1-4H3. The lowest BCUT2D eigenvalue weighted by Crippen LogP contribution is -2.27. The number of carbonyl (C=O) groups excluding carboxylic acids is 1.